The number of piperazine rings is 3. The van der Waals surface area contributed by atoms with E-state index in [4.69, 9.17) is 44.1 Å². The lowest BCUT2D eigenvalue weighted by atomic mass is 9.91. The van der Waals surface area contributed by atoms with E-state index in [-0.39, 0.29) is 86.3 Å². The number of halogens is 1. The van der Waals surface area contributed by atoms with Gasteiger partial charge >= 0.3 is 18.0 Å². The molecule has 6 saturated heterocycles. The molecule has 10 aromatic rings. The quantitative estimate of drug-likeness (QED) is 0.0434. The lowest BCUT2D eigenvalue weighted by Crippen LogP contribution is -2.55. The number of hydrogen-bond acceptors (Lipinski definition) is 26. The second kappa shape index (κ2) is 39.5. The number of likely N-dealkylation sites (N-methyl/N-ethyl adjacent to an activating group) is 3. The number of carbonyl (C=O) groups excluding carboxylic acids is 3. The second-order valence-corrected chi connectivity index (χ2v) is 37.8. The number of aromatic nitrogens is 8. The highest BCUT2D eigenvalue weighted by molar-refractivity contribution is 6.00. The van der Waals surface area contributed by atoms with Gasteiger partial charge in [-0.15, -0.1) is 0 Å². The predicted molar refractivity (Wildman–Crippen MR) is 516 cm³/mol. The minimum atomic E-state index is -1.05. The molecule has 30 nitrogen and oxygen atoms in total. The summed E-state index contributed by atoms with van der Waals surface area (Å²) in [5.41, 5.74) is 15.0. The van der Waals surface area contributed by atoms with Crippen molar-refractivity contribution in [2.24, 2.45) is 0 Å². The van der Waals surface area contributed by atoms with E-state index >= 15 is 0 Å². The SMILES string of the molecule is C=C(F)C(=O)N1CCN(c2nc(OC[C@@H]3CC(c4cc(N5CCc6c(nc(OC[C@@H]7CC(c8cc(N9CCc%10c(nc(OC[C@@H]%11CCCN%11C)nc%10N%10CCN(C(=O)/C=C/Cn%11cccn%11)[C@@H](CC#N)C%10)C9)c9c(C)cccc9c8)CN7C)nc6N6CCN(C(=O)C#CCO)[C@@H](CC#N)C6)C5)c5c(C)cccc5c4)CN3C)nc3c2CCN(c2cccc4cccc(C)c24)C3)C[C@@H]1CC#N. The lowest BCUT2D eigenvalue weighted by Gasteiger charge is -2.42. The minimum Gasteiger partial charge on any atom is -0.462 e. The van der Waals surface area contributed by atoms with E-state index in [0.717, 1.165) is 135 Å². The molecule has 13 heterocycles. The summed E-state index contributed by atoms with van der Waals surface area (Å²) in [7, 11) is 6.47. The maximum atomic E-state index is 14.5. The molecule has 6 fully saturated rings. The first-order chi connectivity index (χ1) is 65.7. The Morgan fingerprint density at radius 3 is 1.40 bits per heavy atom. The van der Waals surface area contributed by atoms with Crippen molar-refractivity contribution in [3.05, 3.63) is 202 Å². The van der Waals surface area contributed by atoms with Gasteiger partial charge in [0.25, 0.3) is 11.8 Å². The number of amides is 3. The van der Waals surface area contributed by atoms with Gasteiger partial charge in [0, 0.05) is 178 Å². The maximum Gasteiger partial charge on any atom is 0.318 e. The molecule has 0 saturated carbocycles. The van der Waals surface area contributed by atoms with E-state index in [1.165, 1.54) is 37.9 Å². The highest BCUT2D eigenvalue weighted by Crippen LogP contribution is 2.46. The summed E-state index contributed by atoms with van der Waals surface area (Å²) in [5.74, 6) is 5.17. The Morgan fingerprint density at radius 1 is 0.496 bits per heavy atom. The van der Waals surface area contributed by atoms with E-state index < -0.39 is 36.3 Å². The molecule has 6 aromatic carbocycles. The fourth-order valence-corrected chi connectivity index (χ4v) is 22.4. The average molecular weight is 1820 g/mol. The van der Waals surface area contributed by atoms with Crippen molar-refractivity contribution in [2.75, 3.05) is 175 Å². The third-order valence-corrected chi connectivity index (χ3v) is 29.5. The highest BCUT2D eigenvalue weighted by Gasteiger charge is 2.42. The van der Waals surface area contributed by atoms with Crippen molar-refractivity contribution in [1.29, 1.82) is 15.8 Å². The Labute approximate surface area is 787 Å². The Kier molecular flexibility index (Phi) is 26.5. The molecule has 9 aliphatic heterocycles. The molecule has 696 valence electrons. The van der Waals surface area contributed by atoms with Gasteiger partial charge < -0.3 is 68.3 Å². The van der Waals surface area contributed by atoms with Crippen LogP contribution in [0.3, 0.4) is 0 Å². The van der Waals surface area contributed by atoms with Crippen LogP contribution >= 0.6 is 0 Å². The summed E-state index contributed by atoms with van der Waals surface area (Å²) in [5, 5.41) is 51.4. The number of nitriles is 3. The van der Waals surface area contributed by atoms with E-state index in [2.05, 4.69) is 225 Å². The van der Waals surface area contributed by atoms with Gasteiger partial charge in [-0.3, -0.25) is 28.9 Å². The van der Waals surface area contributed by atoms with Gasteiger partial charge in [0.15, 0.2) is 5.83 Å². The van der Waals surface area contributed by atoms with Crippen LogP contribution in [0.2, 0.25) is 0 Å². The van der Waals surface area contributed by atoms with Crippen LogP contribution in [0.15, 0.2) is 140 Å². The number of carbonyl (C=O) groups is 3. The third-order valence-electron chi connectivity index (χ3n) is 29.5. The smallest absolute Gasteiger partial charge is 0.318 e. The normalized spacial score (nSPS) is 21.7. The van der Waals surface area contributed by atoms with Gasteiger partial charge in [-0.25, -0.2) is 4.39 Å². The number of anilines is 6. The molecule has 1 N–H and O–H groups in total. The molecule has 19 rings (SSSR count). The molecule has 4 aromatic heterocycles. The van der Waals surface area contributed by atoms with Crippen molar-refractivity contribution in [3.63, 3.8) is 0 Å². The molecule has 8 atom stereocenters. The highest BCUT2D eigenvalue weighted by atomic mass is 19.1. The molecule has 9 aliphatic rings. The van der Waals surface area contributed by atoms with Crippen LogP contribution in [-0.2, 0) is 59.8 Å². The number of aliphatic hydroxyl groups excluding tert-OH is 1. The molecule has 135 heavy (non-hydrogen) atoms. The summed E-state index contributed by atoms with van der Waals surface area (Å²) in [6.07, 6.45) is 12.9. The second-order valence-electron chi connectivity index (χ2n) is 37.8. The van der Waals surface area contributed by atoms with Gasteiger partial charge in [-0.1, -0.05) is 97.4 Å². The summed E-state index contributed by atoms with van der Waals surface area (Å²) in [6.45, 7) is 20.2. The van der Waals surface area contributed by atoms with Gasteiger partial charge in [0.2, 0.25) is 5.91 Å². The maximum absolute atomic E-state index is 14.5. The third kappa shape index (κ3) is 18.8. The van der Waals surface area contributed by atoms with E-state index in [1.54, 1.807) is 21.9 Å². The number of aryl methyl sites for hydroxylation is 3. The number of nitrogens with zero attached hydrogens (tertiary/aromatic N) is 23. The monoisotopic (exact) mass is 1820 g/mol. The molecule has 31 heteroatoms. The fraction of sp³-hybridized carbons (Fsp3) is 0.452. The molecule has 0 spiro atoms. The molecule has 3 amide bonds. The zero-order chi connectivity index (χ0) is 93.2. The Bertz CT molecular complexity index is 6430. The predicted octanol–water partition coefficient (Wildman–Crippen LogP) is 11.1. The number of likely N-dealkylation sites (tertiary alicyclic amines) is 3. The number of hydrogen-bond donors (Lipinski definition) is 1. The van der Waals surface area contributed by atoms with Crippen molar-refractivity contribution < 1.29 is 38.1 Å². The first-order valence-corrected chi connectivity index (χ1v) is 47.6. The Balaban J connectivity index is 0.583. The van der Waals surface area contributed by atoms with Crippen LogP contribution in [0, 0.1) is 66.6 Å². The molecular weight excluding hydrogens is 1700 g/mol. The number of ether oxygens (including phenoxy) is 3. The Hall–Kier alpha value is -13.6. The van der Waals surface area contributed by atoms with Crippen LogP contribution in [0.5, 0.6) is 18.0 Å². The molecular formula is C104H116FN23O7. The van der Waals surface area contributed by atoms with Gasteiger partial charge in [-0.2, -0.15) is 50.8 Å². The zero-order valence-corrected chi connectivity index (χ0v) is 77.8. The number of benzene rings is 6. The first kappa shape index (κ1) is 90.6. The number of allylic oxidation sites excluding steroid dienone is 1. The number of rotatable bonds is 24. The summed E-state index contributed by atoms with van der Waals surface area (Å²) < 4.78 is 36.8. The van der Waals surface area contributed by atoms with Crippen LogP contribution in [-0.4, -0.2) is 274 Å². The summed E-state index contributed by atoms with van der Waals surface area (Å²) in [6, 6.07) is 43.8. The summed E-state index contributed by atoms with van der Waals surface area (Å²) in [4.78, 5) is 98.4. The van der Waals surface area contributed by atoms with Crippen molar-refractivity contribution in [2.45, 2.75) is 159 Å². The average Bonchev–Trinajstić information content (AvgIpc) is 1.63. The van der Waals surface area contributed by atoms with Gasteiger partial charge in [-0.05, 0) is 179 Å². The van der Waals surface area contributed by atoms with E-state index in [1.807, 2.05) is 23.2 Å². The number of aliphatic hydroxyl groups is 1. The molecule has 0 bridgehead atoms. The van der Waals surface area contributed by atoms with Crippen LogP contribution in [0.4, 0.5) is 38.9 Å². The summed E-state index contributed by atoms with van der Waals surface area (Å²) >= 11 is 0. The van der Waals surface area contributed by atoms with Crippen molar-refractivity contribution in [1.82, 2.24) is 69.1 Å². The Morgan fingerprint density at radius 2 is 0.941 bits per heavy atom. The molecule has 2 unspecified atom stereocenters. The van der Waals surface area contributed by atoms with Crippen LogP contribution < -0.4 is 43.6 Å². The van der Waals surface area contributed by atoms with E-state index in [0.29, 0.717) is 143 Å². The van der Waals surface area contributed by atoms with Gasteiger partial charge in [0.05, 0.1) is 98.9 Å². The van der Waals surface area contributed by atoms with E-state index in [9.17, 15) is 39.7 Å². The standard InChI is InChI=1S/C104H116FN23O7/c1-67-16-8-19-71-20-11-24-90(95(67)71)119-40-30-84-87(61-119)110-103(115-100(84)124-45-48-128(101(132)70(4)105)80(60-124)29-35-108)134-65-82-52-76(56-117(82)6)75-51-73-22-10-18-69(3)97(73)92(55-75)121-42-32-86-89(63-121)112-104(114-99(86)123-44-47-127(79(59-123)28-34-107)94(131)26-14-49-129)135-66-83-53-77(57-118(83)7)74-50-72-21-9-17-68(2)96(72)91(54-74)120-41-31-85-88(62-120)111-102(133-64-81-23-12-37-116(81)5)113-98(85)122-43-46-126(78(58-122)27-33-106)93(130)25-13-38-125-39-15-36-109-125/h8-11,13,15-22,24-25,36,39,50-51,54-55,76-83,129H,4,12,23,27-32,37-38,40-49,52-53,56-66H2,1-3,5-7H3/b25-13+/t76?,77?,78-,79-,80-,81-,82-,83-/m0/s1. The van der Waals surface area contributed by atoms with Crippen molar-refractivity contribution in [3.8, 4) is 48.1 Å². The fourth-order valence-electron chi connectivity index (χ4n) is 22.4. The number of fused-ring (bicyclic) bond motifs is 6. The topological polar surface area (TPSA) is 305 Å². The lowest BCUT2D eigenvalue weighted by molar-refractivity contribution is -0.131. The molecule has 0 aliphatic carbocycles. The largest absolute Gasteiger partial charge is 0.462 e. The minimum absolute atomic E-state index is 0.0122. The van der Waals surface area contributed by atoms with Crippen LogP contribution in [0.25, 0.3) is 32.3 Å². The first-order valence-electron chi connectivity index (χ1n) is 47.6. The van der Waals surface area contributed by atoms with Crippen LogP contribution in [0.1, 0.15) is 118 Å². The zero-order valence-electron chi connectivity index (χ0n) is 77.8. The van der Waals surface area contributed by atoms with Gasteiger partial charge in [0.1, 0.15) is 43.9 Å². The van der Waals surface area contributed by atoms with Crippen molar-refractivity contribution >= 4 is 84.6 Å². The molecule has 0 radical (unpaired) electrons.